The number of carbonyl (C=O) groups is 2. The first-order valence-electron chi connectivity index (χ1n) is 9.63. The van der Waals surface area contributed by atoms with Crippen LogP contribution in [0, 0.1) is 11.6 Å². The van der Waals surface area contributed by atoms with Crippen LogP contribution in [-0.2, 0) is 9.59 Å². The number of thioether (sulfide) groups is 1. The van der Waals surface area contributed by atoms with E-state index in [-0.39, 0.29) is 28.4 Å². The summed E-state index contributed by atoms with van der Waals surface area (Å²) in [6.45, 7) is 0. The largest absolute Gasteiger partial charge is 0.325 e. The Kier molecular flexibility index (Phi) is 6.42. The summed E-state index contributed by atoms with van der Waals surface area (Å²) >= 11 is 1.06. The third-order valence-corrected chi connectivity index (χ3v) is 5.40. The number of nitrogens with zero attached hydrogens (tertiary/aromatic N) is 2. The quantitative estimate of drug-likeness (QED) is 0.553. The van der Waals surface area contributed by atoms with Gasteiger partial charge in [0, 0.05) is 5.69 Å². The molecular weight excluding hydrogens is 432 g/mol. The molecule has 0 aromatic heterocycles. The molecular formula is C24H17F2N3O2S. The van der Waals surface area contributed by atoms with E-state index >= 15 is 0 Å². The summed E-state index contributed by atoms with van der Waals surface area (Å²) in [5.74, 6) is -1.71. The Hall–Kier alpha value is -3.78. The number of anilines is 2. The summed E-state index contributed by atoms with van der Waals surface area (Å²) in [5.41, 5.74) is 1.77. The topological polar surface area (TPSA) is 61.8 Å². The third kappa shape index (κ3) is 5.09. The van der Waals surface area contributed by atoms with E-state index in [0.29, 0.717) is 11.4 Å². The molecule has 1 heterocycles. The van der Waals surface area contributed by atoms with Gasteiger partial charge in [-0.25, -0.2) is 13.8 Å². The number of nitrogens with one attached hydrogen (secondary N) is 1. The van der Waals surface area contributed by atoms with Crippen LogP contribution in [0.25, 0.3) is 6.08 Å². The highest BCUT2D eigenvalue weighted by molar-refractivity contribution is 8.14. The smallest absolute Gasteiger partial charge is 0.283 e. The molecule has 1 aliphatic rings. The van der Waals surface area contributed by atoms with E-state index in [4.69, 9.17) is 0 Å². The first kappa shape index (κ1) is 21.5. The van der Waals surface area contributed by atoms with Gasteiger partial charge in [0.25, 0.3) is 5.91 Å². The van der Waals surface area contributed by atoms with Crippen LogP contribution in [0.15, 0.2) is 89.6 Å². The van der Waals surface area contributed by atoms with Crippen LogP contribution in [0.4, 0.5) is 20.2 Å². The molecule has 160 valence electrons. The Morgan fingerprint density at radius 2 is 1.72 bits per heavy atom. The maximum atomic E-state index is 13.4. The number of rotatable bonds is 5. The Balaban J connectivity index is 1.56. The van der Waals surface area contributed by atoms with E-state index in [1.165, 1.54) is 47.4 Å². The predicted octanol–water partition coefficient (Wildman–Crippen LogP) is 5.08. The summed E-state index contributed by atoms with van der Waals surface area (Å²) < 4.78 is 26.7. The van der Waals surface area contributed by atoms with Crippen molar-refractivity contribution in [2.45, 2.75) is 0 Å². The first-order valence-corrected chi connectivity index (χ1v) is 10.6. The molecule has 32 heavy (non-hydrogen) atoms. The van der Waals surface area contributed by atoms with Crippen LogP contribution >= 0.6 is 11.8 Å². The molecule has 0 fully saturated rings. The van der Waals surface area contributed by atoms with E-state index in [2.05, 4.69) is 10.3 Å². The summed E-state index contributed by atoms with van der Waals surface area (Å²) in [4.78, 5) is 31.2. The number of hydrogen-bond acceptors (Lipinski definition) is 4. The maximum Gasteiger partial charge on any atom is 0.283 e. The molecule has 0 spiro atoms. The molecule has 0 radical (unpaired) electrons. The summed E-state index contributed by atoms with van der Waals surface area (Å²) in [6, 6.07) is 20.3. The zero-order valence-corrected chi connectivity index (χ0v) is 17.5. The molecule has 4 rings (SSSR count). The van der Waals surface area contributed by atoms with Crippen molar-refractivity contribution in [3.05, 3.63) is 102 Å². The Labute approximate surface area is 187 Å². The van der Waals surface area contributed by atoms with Gasteiger partial charge in [0.05, 0.1) is 11.4 Å². The molecule has 0 saturated carbocycles. The number of carbonyl (C=O) groups excluding carboxylic acids is 2. The molecule has 0 bridgehead atoms. The molecule has 0 atom stereocenters. The molecule has 1 N–H and O–H groups in total. The molecule has 3 aromatic rings. The number of hydrogen-bond donors (Lipinski definition) is 1. The first-order chi connectivity index (χ1) is 15.5. The highest BCUT2D eigenvalue weighted by Crippen LogP contribution is 2.29. The van der Waals surface area contributed by atoms with Gasteiger partial charge in [-0.1, -0.05) is 48.2 Å². The van der Waals surface area contributed by atoms with Gasteiger partial charge in [0.2, 0.25) is 5.91 Å². The lowest BCUT2D eigenvalue weighted by molar-refractivity contribution is -0.114. The minimum Gasteiger partial charge on any atom is -0.325 e. The molecule has 2 amide bonds. The van der Waals surface area contributed by atoms with Crippen LogP contribution in [0.1, 0.15) is 5.56 Å². The maximum absolute atomic E-state index is 13.4. The highest BCUT2D eigenvalue weighted by atomic mass is 32.2. The molecule has 0 saturated heterocycles. The van der Waals surface area contributed by atoms with Crippen molar-refractivity contribution in [2.24, 2.45) is 4.99 Å². The van der Waals surface area contributed by atoms with E-state index in [9.17, 15) is 18.4 Å². The fraction of sp³-hybridized carbons (Fsp3) is 0.0417. The average Bonchev–Trinajstić information content (AvgIpc) is 3.09. The Morgan fingerprint density at radius 3 is 2.44 bits per heavy atom. The van der Waals surface area contributed by atoms with Crippen LogP contribution in [0.2, 0.25) is 0 Å². The second kappa shape index (κ2) is 9.57. The van der Waals surface area contributed by atoms with Crippen LogP contribution in [0.5, 0.6) is 0 Å². The number of amidine groups is 1. The summed E-state index contributed by atoms with van der Waals surface area (Å²) in [7, 11) is 0. The van der Waals surface area contributed by atoms with Crippen LogP contribution in [0.3, 0.4) is 0 Å². The van der Waals surface area contributed by atoms with Crippen molar-refractivity contribution in [3.8, 4) is 0 Å². The minimum absolute atomic E-state index is 0.0566. The van der Waals surface area contributed by atoms with Crippen LogP contribution in [-0.4, -0.2) is 22.7 Å². The number of halogens is 2. The standard InChI is InChI=1S/C24H17F2N3O2S/c25-17-9-11-20(12-10-17)29-23(31)21(13-16-5-2-1-3-6-16)28-24(29)32-15-22(30)27-19-8-4-7-18(26)14-19/h1-14H,15H2,(H,27,30). The molecule has 5 nitrogen and oxygen atoms in total. The second-order valence-electron chi connectivity index (χ2n) is 6.80. The monoisotopic (exact) mass is 449 g/mol. The van der Waals surface area contributed by atoms with Crippen molar-refractivity contribution >= 4 is 46.2 Å². The van der Waals surface area contributed by atoms with E-state index in [1.807, 2.05) is 30.3 Å². The van der Waals surface area contributed by atoms with Gasteiger partial charge < -0.3 is 5.32 Å². The van der Waals surface area contributed by atoms with Gasteiger partial charge in [0.15, 0.2) is 5.17 Å². The molecule has 3 aromatic carbocycles. The van der Waals surface area contributed by atoms with Crippen molar-refractivity contribution < 1.29 is 18.4 Å². The fourth-order valence-corrected chi connectivity index (χ4v) is 3.82. The zero-order chi connectivity index (χ0) is 22.5. The highest BCUT2D eigenvalue weighted by Gasteiger charge is 2.32. The lowest BCUT2D eigenvalue weighted by atomic mass is 10.2. The minimum atomic E-state index is -0.459. The van der Waals surface area contributed by atoms with E-state index in [0.717, 1.165) is 17.3 Å². The van der Waals surface area contributed by atoms with Gasteiger partial charge in [-0.15, -0.1) is 0 Å². The van der Waals surface area contributed by atoms with Crippen molar-refractivity contribution in [2.75, 3.05) is 16.0 Å². The van der Waals surface area contributed by atoms with Gasteiger partial charge in [-0.3, -0.25) is 14.5 Å². The van der Waals surface area contributed by atoms with Crippen LogP contribution < -0.4 is 10.2 Å². The van der Waals surface area contributed by atoms with Crippen molar-refractivity contribution in [3.63, 3.8) is 0 Å². The normalized spacial score (nSPS) is 14.6. The lowest BCUT2D eigenvalue weighted by Gasteiger charge is -2.17. The predicted molar refractivity (Wildman–Crippen MR) is 123 cm³/mol. The van der Waals surface area contributed by atoms with Gasteiger partial charge >= 0.3 is 0 Å². The molecule has 0 unspecified atom stereocenters. The van der Waals surface area contributed by atoms with Gasteiger partial charge in [-0.05, 0) is 54.1 Å². The van der Waals surface area contributed by atoms with E-state index < -0.39 is 11.6 Å². The van der Waals surface area contributed by atoms with Crippen molar-refractivity contribution in [1.29, 1.82) is 0 Å². The summed E-state index contributed by atoms with van der Waals surface area (Å²) in [5, 5.41) is 2.90. The lowest BCUT2D eigenvalue weighted by Crippen LogP contribution is -2.31. The average molecular weight is 449 g/mol. The third-order valence-electron chi connectivity index (χ3n) is 4.46. The Bertz CT molecular complexity index is 1210. The van der Waals surface area contributed by atoms with E-state index in [1.54, 1.807) is 12.1 Å². The van der Waals surface area contributed by atoms with Gasteiger partial charge in [0.1, 0.15) is 17.3 Å². The number of aliphatic imine (C=N–C) groups is 1. The summed E-state index contributed by atoms with van der Waals surface area (Å²) in [6.07, 6.45) is 1.65. The second-order valence-corrected chi connectivity index (χ2v) is 7.74. The van der Waals surface area contributed by atoms with Crippen molar-refractivity contribution in [1.82, 2.24) is 0 Å². The molecule has 0 aliphatic carbocycles. The van der Waals surface area contributed by atoms with Gasteiger partial charge in [-0.2, -0.15) is 0 Å². The molecule has 1 aliphatic heterocycles. The molecule has 8 heteroatoms. The fourth-order valence-electron chi connectivity index (χ4n) is 3.01. The number of amides is 2. The number of benzene rings is 3. The SMILES string of the molecule is O=C(CSC1=NC(=Cc2ccccc2)C(=O)N1c1ccc(F)cc1)Nc1cccc(F)c1. The Morgan fingerprint density at radius 1 is 0.969 bits per heavy atom. The zero-order valence-electron chi connectivity index (χ0n) is 16.7.